The van der Waals surface area contributed by atoms with Crippen molar-refractivity contribution in [3.8, 4) is 11.5 Å². The SMILES string of the molecule is COc1ccc([C@H](Cc2c(Cl)c[nH+]cc2Cl)OC(=O)Cc2cccc(CN(C(=O)O[C@H]3CN4CCC3CC4)c3ccccc3F)c2)cc1OC. The van der Waals surface area contributed by atoms with E-state index >= 15 is 4.39 Å². The van der Waals surface area contributed by atoms with Gasteiger partial charge in [0.1, 0.15) is 28.1 Å². The molecule has 0 saturated carbocycles. The van der Waals surface area contributed by atoms with Gasteiger partial charge in [-0.15, -0.1) is 0 Å². The Bertz CT molecular complexity index is 1820. The first kappa shape index (κ1) is 35.4. The molecule has 3 aromatic carbocycles. The average Bonchev–Trinajstić information content (AvgIpc) is 3.12. The molecule has 7 rings (SSSR count). The Hall–Kier alpha value is -4.38. The van der Waals surface area contributed by atoms with Crippen molar-refractivity contribution in [2.24, 2.45) is 5.92 Å². The van der Waals surface area contributed by atoms with E-state index in [0.29, 0.717) is 56.3 Å². The number of amides is 1. The Labute approximate surface area is 300 Å². The molecule has 3 aliphatic rings. The third kappa shape index (κ3) is 8.31. The summed E-state index contributed by atoms with van der Waals surface area (Å²) < 4.78 is 38.1. The highest BCUT2D eigenvalue weighted by Crippen LogP contribution is 2.36. The van der Waals surface area contributed by atoms with Gasteiger partial charge in [-0.25, -0.2) is 14.2 Å². The summed E-state index contributed by atoms with van der Waals surface area (Å²) in [6.07, 6.45) is 3.71. The van der Waals surface area contributed by atoms with Crippen molar-refractivity contribution in [1.82, 2.24) is 4.90 Å². The topological polar surface area (TPSA) is 91.7 Å². The molecule has 50 heavy (non-hydrogen) atoms. The summed E-state index contributed by atoms with van der Waals surface area (Å²) in [5.41, 5.74) is 2.74. The van der Waals surface area contributed by atoms with Crippen LogP contribution in [0, 0.1) is 11.7 Å². The summed E-state index contributed by atoms with van der Waals surface area (Å²) in [5, 5.41) is 0.802. The molecule has 3 saturated heterocycles. The number of aromatic amines is 1. The molecular weight excluding hydrogens is 684 g/mol. The number of hydrogen-bond acceptors (Lipinski definition) is 7. The Kier molecular flexibility index (Phi) is 11.4. The molecule has 2 bridgehead atoms. The minimum atomic E-state index is -0.763. The second kappa shape index (κ2) is 16.1. The van der Waals surface area contributed by atoms with E-state index in [9.17, 15) is 9.59 Å². The highest BCUT2D eigenvalue weighted by atomic mass is 35.5. The Morgan fingerprint density at radius 1 is 0.940 bits per heavy atom. The molecule has 0 aliphatic carbocycles. The molecular formula is C38H39Cl2FN3O6+. The normalized spacial score (nSPS) is 18.6. The van der Waals surface area contributed by atoms with Crippen LogP contribution in [-0.4, -0.2) is 56.9 Å². The van der Waals surface area contributed by atoms with Gasteiger partial charge in [0.15, 0.2) is 23.9 Å². The smallest absolute Gasteiger partial charge is 0.415 e. The van der Waals surface area contributed by atoms with Gasteiger partial charge in [-0.3, -0.25) is 14.6 Å². The molecule has 262 valence electrons. The van der Waals surface area contributed by atoms with Gasteiger partial charge in [-0.2, -0.15) is 0 Å². The molecule has 3 fully saturated rings. The van der Waals surface area contributed by atoms with Gasteiger partial charge in [0, 0.05) is 18.5 Å². The fourth-order valence-corrected chi connectivity index (χ4v) is 7.21. The maximum atomic E-state index is 15.1. The Balaban J connectivity index is 1.20. The molecule has 12 heteroatoms. The number of fused-ring (bicyclic) bond motifs is 3. The number of hydrogen-bond donors (Lipinski definition) is 0. The average molecular weight is 724 g/mol. The Morgan fingerprint density at radius 2 is 1.66 bits per heavy atom. The molecule has 2 atom stereocenters. The summed E-state index contributed by atoms with van der Waals surface area (Å²) >= 11 is 13.0. The number of para-hydroxylation sites is 1. The largest absolute Gasteiger partial charge is 0.493 e. The maximum Gasteiger partial charge on any atom is 0.415 e. The van der Waals surface area contributed by atoms with Crippen LogP contribution in [0.15, 0.2) is 79.1 Å². The summed E-state index contributed by atoms with van der Waals surface area (Å²) in [6, 6.07) is 18.7. The molecule has 1 aromatic heterocycles. The predicted octanol–water partition coefficient (Wildman–Crippen LogP) is 7.27. The first-order chi connectivity index (χ1) is 24.2. The monoisotopic (exact) mass is 722 g/mol. The predicted molar refractivity (Wildman–Crippen MR) is 187 cm³/mol. The van der Waals surface area contributed by atoms with E-state index in [0.717, 1.165) is 25.9 Å². The number of nitrogens with zero attached hydrogens (tertiary/aromatic N) is 2. The van der Waals surface area contributed by atoms with Crippen molar-refractivity contribution in [3.63, 3.8) is 0 Å². The molecule has 0 radical (unpaired) electrons. The zero-order valence-corrected chi connectivity index (χ0v) is 29.4. The first-order valence-corrected chi connectivity index (χ1v) is 17.3. The van der Waals surface area contributed by atoms with Crippen molar-refractivity contribution in [2.75, 3.05) is 38.8 Å². The van der Waals surface area contributed by atoms with Crippen LogP contribution in [-0.2, 0) is 33.7 Å². The van der Waals surface area contributed by atoms with Crippen LogP contribution in [0.2, 0.25) is 10.0 Å². The number of methoxy groups -OCH3 is 2. The lowest BCUT2D eigenvalue weighted by molar-refractivity contribution is -0.377. The fourth-order valence-electron chi connectivity index (χ4n) is 6.68. The van der Waals surface area contributed by atoms with Crippen molar-refractivity contribution < 1.29 is 37.9 Å². The van der Waals surface area contributed by atoms with Crippen LogP contribution in [0.5, 0.6) is 11.5 Å². The number of nitrogens with one attached hydrogen (secondary N) is 1. The number of piperidine rings is 3. The zero-order valence-electron chi connectivity index (χ0n) is 27.9. The number of esters is 1. The zero-order chi connectivity index (χ0) is 35.2. The lowest BCUT2D eigenvalue weighted by atomic mass is 9.86. The first-order valence-electron chi connectivity index (χ1n) is 16.5. The Morgan fingerprint density at radius 3 is 2.34 bits per heavy atom. The van der Waals surface area contributed by atoms with E-state index in [1.807, 2.05) is 12.1 Å². The maximum absolute atomic E-state index is 15.1. The van der Waals surface area contributed by atoms with Crippen LogP contribution in [0.4, 0.5) is 14.9 Å². The van der Waals surface area contributed by atoms with Gasteiger partial charge < -0.3 is 18.9 Å². The number of H-pyrrole nitrogens is 1. The third-order valence-electron chi connectivity index (χ3n) is 9.33. The van der Waals surface area contributed by atoms with Gasteiger partial charge in [0.2, 0.25) is 0 Å². The van der Waals surface area contributed by atoms with Crippen molar-refractivity contribution in [3.05, 3.63) is 117 Å². The van der Waals surface area contributed by atoms with Crippen molar-refractivity contribution in [2.45, 2.75) is 44.4 Å². The van der Waals surface area contributed by atoms with E-state index in [4.69, 9.17) is 42.1 Å². The third-order valence-corrected chi connectivity index (χ3v) is 10.0. The molecule has 0 spiro atoms. The van der Waals surface area contributed by atoms with E-state index in [-0.39, 0.29) is 31.2 Å². The van der Waals surface area contributed by atoms with Gasteiger partial charge >= 0.3 is 12.1 Å². The quantitative estimate of drug-likeness (QED) is 0.142. The van der Waals surface area contributed by atoms with Crippen LogP contribution in [0.25, 0.3) is 0 Å². The van der Waals surface area contributed by atoms with Gasteiger partial charge in [-0.1, -0.05) is 65.7 Å². The van der Waals surface area contributed by atoms with E-state index in [2.05, 4.69) is 9.88 Å². The number of aromatic nitrogens is 1. The van der Waals surface area contributed by atoms with Crippen molar-refractivity contribution in [1.29, 1.82) is 0 Å². The number of carbonyl (C=O) groups excluding carboxylic acids is 2. The van der Waals surface area contributed by atoms with E-state index in [1.54, 1.807) is 68.0 Å². The summed E-state index contributed by atoms with van der Waals surface area (Å²) in [4.78, 5) is 33.7. The van der Waals surface area contributed by atoms with Crippen LogP contribution < -0.4 is 19.4 Å². The number of carbonyl (C=O) groups is 2. The van der Waals surface area contributed by atoms with E-state index < -0.39 is 24.0 Å². The number of rotatable bonds is 12. The highest BCUT2D eigenvalue weighted by Gasteiger charge is 2.37. The molecule has 4 heterocycles. The highest BCUT2D eigenvalue weighted by molar-refractivity contribution is 6.35. The standard InChI is InChI=1S/C38H38Cl2FN3O6/c1-47-33-11-10-27(18-35(33)48-2)34(19-28-29(39)20-42-21-30(28)40)49-37(45)17-24-6-5-7-25(16-24)22-44(32-9-4-3-8-31(32)41)38(46)50-36-23-43-14-12-26(36)13-15-43/h3-11,16,18,20-21,26,34,36H,12-15,17,19,22-23H2,1-2H3/p+1/t34-,36-/m0/s1. The molecule has 1 N–H and O–H groups in total. The molecule has 1 amide bonds. The van der Waals surface area contributed by atoms with Crippen LogP contribution >= 0.6 is 23.2 Å². The molecule has 9 nitrogen and oxygen atoms in total. The molecule has 0 unspecified atom stereocenters. The summed E-state index contributed by atoms with van der Waals surface area (Å²) in [7, 11) is 3.07. The number of ether oxygens (including phenoxy) is 4. The second-order valence-corrected chi connectivity index (χ2v) is 13.3. The molecule has 4 aromatic rings. The summed E-state index contributed by atoms with van der Waals surface area (Å²) in [6.45, 7) is 2.74. The second-order valence-electron chi connectivity index (χ2n) is 12.5. The number of halogens is 3. The van der Waals surface area contributed by atoms with Gasteiger partial charge in [-0.05, 0) is 72.8 Å². The minimum Gasteiger partial charge on any atom is -0.493 e. The fraction of sp³-hybridized carbons (Fsp3) is 0.342. The lowest BCUT2D eigenvalue weighted by Gasteiger charge is -2.44. The van der Waals surface area contributed by atoms with Gasteiger partial charge in [0.25, 0.3) is 0 Å². The lowest BCUT2D eigenvalue weighted by Crippen LogP contribution is -2.53. The van der Waals surface area contributed by atoms with Crippen LogP contribution in [0.3, 0.4) is 0 Å². The summed E-state index contributed by atoms with van der Waals surface area (Å²) in [5.74, 6) is 0.278. The molecule has 3 aliphatic heterocycles. The van der Waals surface area contributed by atoms with Crippen molar-refractivity contribution >= 4 is 41.0 Å². The number of pyridine rings is 1. The minimum absolute atomic E-state index is 0.0417. The number of benzene rings is 3. The van der Waals surface area contributed by atoms with Gasteiger partial charge in [0.05, 0.1) is 32.9 Å². The van der Waals surface area contributed by atoms with E-state index in [1.165, 1.54) is 18.1 Å². The van der Waals surface area contributed by atoms with Crippen LogP contribution in [0.1, 0.15) is 41.2 Å². The number of anilines is 1.